The molecule has 11 heteroatoms. The highest BCUT2D eigenvalue weighted by Crippen LogP contribution is 2.38. The van der Waals surface area contributed by atoms with Crippen molar-refractivity contribution in [3.05, 3.63) is 79.1 Å². The van der Waals surface area contributed by atoms with E-state index in [1.165, 1.54) is 37.2 Å². The van der Waals surface area contributed by atoms with E-state index in [9.17, 15) is 4.79 Å². The van der Waals surface area contributed by atoms with Gasteiger partial charge in [-0.3, -0.25) is 4.79 Å². The van der Waals surface area contributed by atoms with Gasteiger partial charge < -0.3 is 29.9 Å². The van der Waals surface area contributed by atoms with Crippen molar-refractivity contribution in [1.29, 1.82) is 0 Å². The first-order valence-electron chi connectivity index (χ1n) is 18.2. The minimum atomic E-state index is -3.38. The van der Waals surface area contributed by atoms with Crippen LogP contribution < -0.4 is 20.3 Å². The van der Waals surface area contributed by atoms with Crippen LogP contribution in [0.25, 0.3) is 17.1 Å². The van der Waals surface area contributed by atoms with Crippen molar-refractivity contribution < 1.29 is 30.7 Å². The topological polar surface area (TPSA) is 110 Å². The molecule has 5 rings (SSSR count). The van der Waals surface area contributed by atoms with Gasteiger partial charge in [0.2, 0.25) is 11.9 Å². The number of hydrogen-bond acceptors (Lipinski definition) is 9. The zero-order chi connectivity index (χ0) is 39.3. The van der Waals surface area contributed by atoms with Crippen LogP contribution in [0.15, 0.2) is 73.6 Å². The molecule has 0 bridgehead atoms. The van der Waals surface area contributed by atoms with Crippen LogP contribution in [0.5, 0.6) is 5.75 Å². The molecule has 2 aromatic heterocycles. The zero-order valence-corrected chi connectivity index (χ0v) is 22.1. The maximum Gasteiger partial charge on any atom is 0.247 e. The maximum atomic E-state index is 12.6. The van der Waals surface area contributed by atoms with Crippen LogP contribution in [-0.4, -0.2) is 77.8 Å². The van der Waals surface area contributed by atoms with Gasteiger partial charge >= 0.3 is 0 Å². The highest BCUT2D eigenvalue weighted by molar-refractivity contribution is 6.02. The van der Waals surface area contributed by atoms with Crippen molar-refractivity contribution in [3.8, 4) is 22.8 Å². The number of carbonyl (C=O) groups excluding carboxylic acids is 1. The molecule has 4 aromatic rings. The predicted molar refractivity (Wildman–Crippen MR) is 160 cm³/mol. The molecule has 2 aromatic carbocycles. The van der Waals surface area contributed by atoms with E-state index >= 15 is 0 Å². The van der Waals surface area contributed by atoms with Crippen molar-refractivity contribution in [3.63, 3.8) is 0 Å². The number of morpholine rings is 1. The van der Waals surface area contributed by atoms with Crippen LogP contribution in [0.2, 0.25) is 0 Å². The van der Waals surface area contributed by atoms with E-state index < -0.39 is 44.7 Å². The van der Waals surface area contributed by atoms with E-state index in [-0.39, 0.29) is 46.5 Å². The third-order valence-electron chi connectivity index (χ3n) is 5.69. The van der Waals surface area contributed by atoms with Crippen LogP contribution in [-0.2, 0) is 16.1 Å². The largest absolute Gasteiger partial charge is 0.494 e. The monoisotopic (exact) mass is 566 g/mol. The SMILES string of the molecule is [2H]c1c(CN(C)C([2H])([2H])[2H])c(-c2ccccc2)nn1-c1ccnc(Nc2cc(NC(=O)C=C)c(N3C([2H])([2H])C([2H])([2H])OC([2H])([2H])C3([2H])[2H])cc2OC)n1. The predicted octanol–water partition coefficient (Wildman–Crippen LogP) is 4.10. The third-order valence-corrected chi connectivity index (χ3v) is 5.69. The lowest BCUT2D eigenvalue weighted by Gasteiger charge is -2.31. The average Bonchev–Trinajstić information content (AvgIpc) is 3.39. The lowest BCUT2D eigenvalue weighted by Crippen LogP contribution is -2.36. The second-order valence-electron chi connectivity index (χ2n) is 8.56. The summed E-state index contributed by atoms with van der Waals surface area (Å²) in [6.45, 7) is -12.6. The summed E-state index contributed by atoms with van der Waals surface area (Å²) in [5.74, 6) is -0.942. The molecule has 0 saturated carbocycles. The summed E-state index contributed by atoms with van der Waals surface area (Å²) in [6.07, 6.45) is 2.09. The second kappa shape index (κ2) is 12.6. The molecule has 1 fully saturated rings. The molecule has 0 spiro atoms. The Labute approximate surface area is 256 Å². The van der Waals surface area contributed by atoms with Gasteiger partial charge in [0, 0.05) is 59.3 Å². The van der Waals surface area contributed by atoms with Gasteiger partial charge in [-0.25, -0.2) is 9.67 Å². The van der Waals surface area contributed by atoms with Crippen molar-refractivity contribution in [2.45, 2.75) is 6.54 Å². The molecule has 1 aliphatic rings. The van der Waals surface area contributed by atoms with Crippen LogP contribution in [0, 0.1) is 0 Å². The smallest absolute Gasteiger partial charge is 0.247 e. The summed E-state index contributed by atoms with van der Waals surface area (Å²) in [5.41, 5.74) is 0.518. The highest BCUT2D eigenvalue weighted by Gasteiger charge is 2.20. The van der Waals surface area contributed by atoms with Gasteiger partial charge in [-0.1, -0.05) is 36.9 Å². The van der Waals surface area contributed by atoms with E-state index in [0.29, 0.717) is 16.8 Å². The Morgan fingerprint density at radius 1 is 1.27 bits per heavy atom. The van der Waals surface area contributed by atoms with Gasteiger partial charge in [0.15, 0.2) is 5.82 Å². The molecule has 1 saturated heterocycles. The Morgan fingerprint density at radius 3 is 2.80 bits per heavy atom. The molecular formula is C30H34N8O3. The fraction of sp³-hybridized carbons (Fsp3) is 0.267. The van der Waals surface area contributed by atoms with E-state index in [0.717, 1.165) is 17.0 Å². The lowest BCUT2D eigenvalue weighted by atomic mass is 10.1. The molecule has 212 valence electrons. The third kappa shape index (κ3) is 6.53. The summed E-state index contributed by atoms with van der Waals surface area (Å²) in [5, 5.41) is 9.94. The number of ether oxygens (including phenoxy) is 2. The Balaban J connectivity index is 1.61. The molecule has 0 unspecified atom stereocenters. The first-order chi connectivity index (χ1) is 24.6. The Hall–Kier alpha value is -4.74. The summed E-state index contributed by atoms with van der Waals surface area (Å²) in [6, 6.07) is 12.6. The molecule has 1 amide bonds. The zero-order valence-electron chi connectivity index (χ0n) is 34.1. The number of nitrogens with zero attached hydrogens (tertiary/aromatic N) is 6. The van der Waals surface area contributed by atoms with Crippen LogP contribution >= 0.6 is 0 Å². The van der Waals surface area contributed by atoms with Gasteiger partial charge in [-0.15, -0.1) is 0 Å². The summed E-state index contributed by atoms with van der Waals surface area (Å²) in [4.78, 5) is 22.6. The molecule has 0 atom stereocenters. The number of carbonyl (C=O) groups is 1. The van der Waals surface area contributed by atoms with Gasteiger partial charge in [0.05, 0.1) is 55.3 Å². The molecule has 0 radical (unpaired) electrons. The molecular weight excluding hydrogens is 520 g/mol. The van der Waals surface area contributed by atoms with E-state index in [1.54, 1.807) is 30.3 Å². The molecule has 1 aliphatic heterocycles. The number of anilines is 4. The Bertz CT molecular complexity index is 2000. The van der Waals surface area contributed by atoms with Crippen molar-refractivity contribution in [2.75, 3.05) is 62.8 Å². The normalized spacial score (nSPS) is 22.8. The number of nitrogens with one attached hydrogen (secondary N) is 2. The van der Waals surface area contributed by atoms with E-state index in [2.05, 4.69) is 37.0 Å². The van der Waals surface area contributed by atoms with Crippen molar-refractivity contribution in [2.24, 2.45) is 0 Å². The number of rotatable bonds is 10. The summed E-state index contributed by atoms with van der Waals surface area (Å²) in [7, 11) is 2.63. The Kier molecular flexibility index (Phi) is 5.08. The minimum absolute atomic E-state index is 0.0321. The molecule has 41 heavy (non-hydrogen) atoms. The first-order valence-corrected chi connectivity index (χ1v) is 12.2. The van der Waals surface area contributed by atoms with Crippen LogP contribution in [0.3, 0.4) is 0 Å². The summed E-state index contributed by atoms with van der Waals surface area (Å²) < 4.78 is 110. The van der Waals surface area contributed by atoms with Crippen LogP contribution in [0.4, 0.5) is 23.0 Å². The fourth-order valence-electron chi connectivity index (χ4n) is 3.91. The molecule has 0 aliphatic carbocycles. The average molecular weight is 567 g/mol. The number of hydrogen-bond donors (Lipinski definition) is 2. The number of benzene rings is 2. The van der Waals surface area contributed by atoms with Gasteiger partial charge in [-0.2, -0.15) is 10.1 Å². The minimum Gasteiger partial charge on any atom is -0.494 e. The van der Waals surface area contributed by atoms with E-state index in [4.69, 9.17) is 21.2 Å². The van der Waals surface area contributed by atoms with Gasteiger partial charge in [0.25, 0.3) is 0 Å². The van der Waals surface area contributed by atoms with E-state index in [1.807, 2.05) is 0 Å². The quantitative estimate of drug-likeness (QED) is 0.274. The molecule has 11 nitrogen and oxygen atoms in total. The van der Waals surface area contributed by atoms with Crippen molar-refractivity contribution in [1.82, 2.24) is 24.6 Å². The number of aromatic nitrogens is 4. The first kappa shape index (κ1) is 16.5. The highest BCUT2D eigenvalue weighted by atomic mass is 16.5. The fourth-order valence-corrected chi connectivity index (χ4v) is 3.91. The van der Waals surface area contributed by atoms with Crippen LogP contribution in [0.1, 0.15) is 22.0 Å². The maximum absolute atomic E-state index is 12.6. The number of methoxy groups -OCH3 is 1. The van der Waals surface area contributed by atoms with Crippen molar-refractivity contribution >= 4 is 28.9 Å². The molecule has 3 heterocycles. The molecule has 2 N–H and O–H groups in total. The second-order valence-corrected chi connectivity index (χ2v) is 8.56. The Morgan fingerprint density at radius 2 is 2.07 bits per heavy atom. The van der Waals surface area contributed by atoms with Gasteiger partial charge in [-0.05, 0) is 26.2 Å². The lowest BCUT2D eigenvalue weighted by molar-refractivity contribution is -0.111. The van der Waals surface area contributed by atoms with Gasteiger partial charge in [0.1, 0.15) is 5.75 Å². The summed E-state index contributed by atoms with van der Waals surface area (Å²) >= 11 is 0. The number of amides is 1. The standard InChI is InChI=1S/C30H34N8O3/c1-5-28(39)32-23-17-24(26(40-4)18-25(23)37-13-15-41-16-14-37)33-30-31-12-11-27(34-30)38-20-22(19-36(2)3)29(35-38)21-9-7-6-8-10-21/h5-12,17-18,20H,1,13-16,19H2,2-4H3,(H,32,39)(H,31,33,34)/i2D3,13D2,14D2,15D2,16D2,20D.